The number of guanidine groups is 1. The number of benzene rings is 1. The maximum atomic E-state index is 12.3. The molecule has 1 heterocycles. The van der Waals surface area contributed by atoms with Gasteiger partial charge >= 0.3 is 6.18 Å². The Balaban J connectivity index is 0.00000288. The molecule has 1 atom stereocenters. The fraction of sp³-hybridized carbons (Fsp3) is 0.400. The minimum absolute atomic E-state index is 0. The van der Waals surface area contributed by atoms with Crippen LogP contribution in [0.15, 0.2) is 39.7 Å². The number of rotatable bonds is 4. The number of hydrogen-bond donors (Lipinski definition) is 2. The Morgan fingerprint density at radius 2 is 2.04 bits per heavy atom. The molecule has 0 aliphatic carbocycles. The van der Waals surface area contributed by atoms with E-state index in [1.165, 1.54) is 7.05 Å². The molecule has 1 aromatic carbocycles. The van der Waals surface area contributed by atoms with E-state index in [-0.39, 0.29) is 29.9 Å². The van der Waals surface area contributed by atoms with Gasteiger partial charge in [0.15, 0.2) is 12.1 Å². The highest BCUT2D eigenvalue weighted by molar-refractivity contribution is 14.0. The van der Waals surface area contributed by atoms with E-state index in [0.717, 1.165) is 11.0 Å². The molecule has 1 unspecified atom stereocenters. The van der Waals surface area contributed by atoms with E-state index in [0.29, 0.717) is 12.3 Å². The summed E-state index contributed by atoms with van der Waals surface area (Å²) in [6, 6.07) is 9.37. The second-order valence-corrected chi connectivity index (χ2v) is 5.09. The average molecular weight is 457 g/mol. The van der Waals surface area contributed by atoms with Gasteiger partial charge in [0, 0.05) is 19.5 Å². The highest BCUT2D eigenvalue weighted by Gasteiger charge is 2.38. The minimum atomic E-state index is -4.66. The topological polar surface area (TPSA) is 61.0 Å². The summed E-state index contributed by atoms with van der Waals surface area (Å²) in [4.78, 5) is 5.52. The van der Waals surface area contributed by atoms with Gasteiger partial charge in [0.25, 0.3) is 0 Å². The van der Waals surface area contributed by atoms with Gasteiger partial charge in [0.2, 0.25) is 0 Å². The van der Waals surface area contributed by atoms with Gasteiger partial charge in [-0.15, -0.1) is 24.0 Å². The number of aliphatic hydroxyl groups is 1. The van der Waals surface area contributed by atoms with Crippen LogP contribution in [-0.4, -0.2) is 48.9 Å². The van der Waals surface area contributed by atoms with Crippen LogP contribution in [0, 0.1) is 0 Å². The molecule has 2 aromatic rings. The first-order chi connectivity index (χ1) is 10.8. The fourth-order valence-electron chi connectivity index (χ4n) is 2.11. The van der Waals surface area contributed by atoms with Crippen LogP contribution < -0.4 is 5.32 Å². The SMILES string of the molecule is CN=C(NCC(O)C(F)(F)F)N(C)Cc1cc2ccccc2o1.I. The number of aliphatic imine (C=N–C) groups is 1. The lowest BCUT2D eigenvalue weighted by molar-refractivity contribution is -0.201. The summed E-state index contributed by atoms with van der Waals surface area (Å²) >= 11 is 0. The Morgan fingerprint density at radius 3 is 2.62 bits per heavy atom. The van der Waals surface area contributed by atoms with Gasteiger partial charge in [-0.25, -0.2) is 0 Å². The third-order valence-corrected chi connectivity index (χ3v) is 3.27. The number of furan rings is 1. The van der Waals surface area contributed by atoms with Crippen molar-refractivity contribution in [3.63, 3.8) is 0 Å². The lowest BCUT2D eigenvalue weighted by Crippen LogP contribution is -2.45. The summed E-state index contributed by atoms with van der Waals surface area (Å²) < 4.78 is 42.6. The predicted octanol–water partition coefficient (Wildman–Crippen LogP) is 2.98. The van der Waals surface area contributed by atoms with Crippen molar-refractivity contribution in [1.29, 1.82) is 0 Å². The number of fused-ring (bicyclic) bond motifs is 1. The second kappa shape index (κ2) is 8.56. The number of nitrogens with zero attached hydrogens (tertiary/aromatic N) is 2. The molecule has 0 amide bonds. The molecule has 2 N–H and O–H groups in total. The Morgan fingerprint density at radius 1 is 1.38 bits per heavy atom. The lowest BCUT2D eigenvalue weighted by atomic mass is 10.2. The number of para-hydroxylation sites is 1. The normalized spacial score (nSPS) is 13.5. The van der Waals surface area contributed by atoms with Crippen molar-refractivity contribution in [2.45, 2.75) is 18.8 Å². The van der Waals surface area contributed by atoms with Crippen LogP contribution in [0.3, 0.4) is 0 Å². The smallest absolute Gasteiger partial charge is 0.416 e. The van der Waals surface area contributed by atoms with Crippen molar-refractivity contribution >= 4 is 40.9 Å². The molecule has 0 spiro atoms. The zero-order chi connectivity index (χ0) is 17.0. The fourth-order valence-corrected chi connectivity index (χ4v) is 2.11. The zero-order valence-electron chi connectivity index (χ0n) is 13.2. The van der Waals surface area contributed by atoms with Crippen LogP contribution in [0.25, 0.3) is 11.0 Å². The Hall–Kier alpha value is -1.49. The van der Waals surface area contributed by atoms with Crippen LogP contribution >= 0.6 is 24.0 Å². The summed E-state index contributed by atoms with van der Waals surface area (Å²) in [6.07, 6.45) is -7.11. The van der Waals surface area contributed by atoms with Crippen molar-refractivity contribution < 1.29 is 22.7 Å². The third-order valence-electron chi connectivity index (χ3n) is 3.27. The number of halogens is 4. The van der Waals surface area contributed by atoms with E-state index < -0.39 is 18.8 Å². The molecule has 0 saturated carbocycles. The van der Waals surface area contributed by atoms with E-state index in [4.69, 9.17) is 9.52 Å². The van der Waals surface area contributed by atoms with Crippen LogP contribution in [0.4, 0.5) is 13.2 Å². The van der Waals surface area contributed by atoms with E-state index in [9.17, 15) is 13.2 Å². The molecular formula is C15H19F3IN3O2. The third kappa shape index (κ3) is 5.26. The maximum absolute atomic E-state index is 12.3. The molecule has 0 radical (unpaired) electrons. The highest BCUT2D eigenvalue weighted by Crippen LogP contribution is 2.20. The van der Waals surface area contributed by atoms with Gasteiger partial charge in [0.05, 0.1) is 13.1 Å². The van der Waals surface area contributed by atoms with E-state index >= 15 is 0 Å². The molecule has 134 valence electrons. The number of hydrogen-bond acceptors (Lipinski definition) is 3. The molecule has 9 heteroatoms. The quantitative estimate of drug-likeness (QED) is 0.421. The summed E-state index contributed by atoms with van der Waals surface area (Å²) in [5.41, 5.74) is 0.742. The van der Waals surface area contributed by atoms with Crippen molar-refractivity contribution in [3.05, 3.63) is 36.1 Å². The molecule has 0 aliphatic rings. The van der Waals surface area contributed by atoms with Gasteiger partial charge in [-0.2, -0.15) is 13.2 Å². The first-order valence-corrected chi connectivity index (χ1v) is 6.95. The van der Waals surface area contributed by atoms with Gasteiger partial charge < -0.3 is 19.7 Å². The lowest BCUT2D eigenvalue weighted by Gasteiger charge is -2.23. The highest BCUT2D eigenvalue weighted by atomic mass is 127. The zero-order valence-corrected chi connectivity index (χ0v) is 15.5. The number of alkyl halides is 3. The predicted molar refractivity (Wildman–Crippen MR) is 96.5 cm³/mol. The van der Waals surface area contributed by atoms with Gasteiger partial charge in [-0.05, 0) is 12.1 Å². The first-order valence-electron chi connectivity index (χ1n) is 6.95. The number of nitrogens with one attached hydrogen (secondary N) is 1. The van der Waals surface area contributed by atoms with E-state index in [1.807, 2.05) is 30.3 Å². The van der Waals surface area contributed by atoms with Crippen LogP contribution in [0.5, 0.6) is 0 Å². The summed E-state index contributed by atoms with van der Waals surface area (Å²) in [6.45, 7) is -0.336. The summed E-state index contributed by atoms with van der Waals surface area (Å²) in [5, 5.41) is 12.5. The largest absolute Gasteiger partial charge is 0.459 e. The Kier molecular flexibility index (Phi) is 7.33. The Labute approximate surface area is 154 Å². The second-order valence-electron chi connectivity index (χ2n) is 5.09. The molecule has 0 fully saturated rings. The van der Waals surface area contributed by atoms with Crippen LogP contribution in [0.1, 0.15) is 5.76 Å². The van der Waals surface area contributed by atoms with Gasteiger partial charge in [-0.3, -0.25) is 4.99 Å². The number of aliphatic hydroxyl groups excluding tert-OH is 1. The first kappa shape index (κ1) is 20.6. The molecule has 5 nitrogen and oxygen atoms in total. The minimum Gasteiger partial charge on any atom is -0.459 e. The van der Waals surface area contributed by atoms with Crippen molar-refractivity contribution in [3.8, 4) is 0 Å². The molecule has 2 rings (SSSR count). The molecule has 24 heavy (non-hydrogen) atoms. The molecular weight excluding hydrogens is 438 g/mol. The molecule has 0 saturated heterocycles. The van der Waals surface area contributed by atoms with Gasteiger partial charge in [-0.1, -0.05) is 18.2 Å². The van der Waals surface area contributed by atoms with Crippen molar-refractivity contribution in [2.75, 3.05) is 20.6 Å². The van der Waals surface area contributed by atoms with Crippen LogP contribution in [-0.2, 0) is 6.54 Å². The van der Waals surface area contributed by atoms with Crippen molar-refractivity contribution in [1.82, 2.24) is 10.2 Å². The monoisotopic (exact) mass is 457 g/mol. The van der Waals surface area contributed by atoms with Crippen LogP contribution in [0.2, 0.25) is 0 Å². The standard InChI is InChI=1S/C15H18F3N3O2.HI/c1-19-14(20-8-13(22)15(16,17)18)21(2)9-11-7-10-5-3-4-6-12(10)23-11;/h3-7,13,22H,8-9H2,1-2H3,(H,19,20);1H. The molecule has 1 aromatic heterocycles. The molecule has 0 bridgehead atoms. The molecule has 0 aliphatic heterocycles. The summed E-state index contributed by atoms with van der Waals surface area (Å²) in [5.74, 6) is 0.891. The van der Waals surface area contributed by atoms with Crippen molar-refractivity contribution in [2.24, 2.45) is 4.99 Å². The van der Waals surface area contributed by atoms with E-state index in [1.54, 1.807) is 11.9 Å². The maximum Gasteiger partial charge on any atom is 0.416 e. The average Bonchev–Trinajstić information content (AvgIpc) is 2.88. The van der Waals surface area contributed by atoms with Gasteiger partial charge in [0.1, 0.15) is 11.3 Å². The van der Waals surface area contributed by atoms with E-state index in [2.05, 4.69) is 10.3 Å². The summed E-state index contributed by atoms with van der Waals surface area (Å²) in [7, 11) is 3.12. The Bertz CT molecular complexity index is 655.